The Hall–Kier alpha value is -0.610. The zero-order valence-corrected chi connectivity index (χ0v) is 13.6. The zero-order chi connectivity index (χ0) is 14.8. The third-order valence-corrected chi connectivity index (χ3v) is 5.31. The highest BCUT2D eigenvalue weighted by Crippen LogP contribution is 2.51. The molecule has 4 heteroatoms. The maximum absolute atomic E-state index is 11.7. The number of piperidine rings is 1. The van der Waals surface area contributed by atoms with Crippen LogP contribution < -0.4 is 5.32 Å². The molecule has 0 aromatic rings. The molecule has 0 unspecified atom stereocenters. The van der Waals surface area contributed by atoms with Gasteiger partial charge in [-0.15, -0.1) is 0 Å². The van der Waals surface area contributed by atoms with E-state index in [1.807, 2.05) is 14.1 Å². The Morgan fingerprint density at radius 2 is 1.90 bits per heavy atom. The molecule has 4 nitrogen and oxygen atoms in total. The summed E-state index contributed by atoms with van der Waals surface area (Å²) in [7, 11) is 3.66. The Bertz CT molecular complexity index is 329. The summed E-state index contributed by atoms with van der Waals surface area (Å²) in [6.07, 6.45) is 5.14. The van der Waals surface area contributed by atoms with Crippen molar-refractivity contribution in [2.75, 3.05) is 40.3 Å². The molecule has 1 saturated heterocycles. The van der Waals surface area contributed by atoms with Gasteiger partial charge in [0, 0.05) is 39.8 Å². The molecule has 1 saturated carbocycles. The third kappa shape index (κ3) is 3.95. The second-order valence-corrected chi connectivity index (χ2v) is 7.24. The minimum Gasteiger partial charge on any atom is -0.348 e. The summed E-state index contributed by atoms with van der Waals surface area (Å²) in [5, 5.41) is 3.78. The molecule has 0 atom stereocenters. The number of amides is 1. The van der Waals surface area contributed by atoms with E-state index in [4.69, 9.17) is 0 Å². The van der Waals surface area contributed by atoms with Crippen LogP contribution in [-0.4, -0.2) is 62.0 Å². The molecule has 1 aliphatic heterocycles. The molecule has 2 rings (SSSR count). The van der Waals surface area contributed by atoms with Crippen LogP contribution in [0.4, 0.5) is 0 Å². The van der Waals surface area contributed by atoms with Crippen LogP contribution in [0.25, 0.3) is 0 Å². The number of nitrogens with one attached hydrogen (secondary N) is 1. The van der Waals surface area contributed by atoms with E-state index in [9.17, 15) is 4.79 Å². The minimum absolute atomic E-state index is 0.216. The fourth-order valence-electron chi connectivity index (χ4n) is 3.09. The number of nitrogens with zero attached hydrogens (tertiary/aromatic N) is 2. The number of hydrogen-bond donors (Lipinski definition) is 1. The van der Waals surface area contributed by atoms with Crippen molar-refractivity contribution in [3.63, 3.8) is 0 Å². The highest BCUT2D eigenvalue weighted by molar-refractivity contribution is 5.77. The summed E-state index contributed by atoms with van der Waals surface area (Å²) >= 11 is 0. The molecule has 0 aromatic heterocycles. The maximum Gasteiger partial charge on any atom is 0.236 e. The fourth-order valence-corrected chi connectivity index (χ4v) is 3.09. The van der Waals surface area contributed by atoms with Gasteiger partial charge < -0.3 is 10.2 Å². The predicted octanol–water partition coefficient (Wildman–Crippen LogP) is 1.56. The van der Waals surface area contributed by atoms with E-state index in [1.165, 1.54) is 32.2 Å². The van der Waals surface area contributed by atoms with Gasteiger partial charge in [0.2, 0.25) is 5.91 Å². The molecule has 1 aliphatic carbocycles. The van der Waals surface area contributed by atoms with Crippen molar-refractivity contribution in [2.45, 2.75) is 45.6 Å². The summed E-state index contributed by atoms with van der Waals surface area (Å²) in [5.41, 5.74) is 0.595. The first-order chi connectivity index (χ1) is 9.43. The van der Waals surface area contributed by atoms with Gasteiger partial charge in [0.1, 0.15) is 0 Å². The molecule has 20 heavy (non-hydrogen) atoms. The Morgan fingerprint density at radius 3 is 2.35 bits per heavy atom. The van der Waals surface area contributed by atoms with Gasteiger partial charge in [0.15, 0.2) is 0 Å². The van der Waals surface area contributed by atoms with Crippen LogP contribution in [0.3, 0.4) is 0 Å². The summed E-state index contributed by atoms with van der Waals surface area (Å²) < 4.78 is 0. The van der Waals surface area contributed by atoms with E-state index in [0.717, 1.165) is 19.0 Å². The monoisotopic (exact) mass is 281 g/mol. The van der Waals surface area contributed by atoms with Crippen LogP contribution >= 0.6 is 0 Å². The van der Waals surface area contributed by atoms with Crippen molar-refractivity contribution < 1.29 is 4.79 Å². The molecular weight excluding hydrogens is 250 g/mol. The summed E-state index contributed by atoms with van der Waals surface area (Å²) in [6.45, 7) is 8.56. The predicted molar refractivity (Wildman–Crippen MR) is 82.7 cm³/mol. The Morgan fingerprint density at radius 1 is 1.30 bits per heavy atom. The third-order valence-electron chi connectivity index (χ3n) is 5.31. The first-order valence-electron chi connectivity index (χ1n) is 8.09. The SMILES string of the molecule is CC(C)C1(CNC2CCN(CC(=O)N(C)C)CC2)CC1. The maximum atomic E-state index is 11.7. The number of likely N-dealkylation sites (N-methyl/N-ethyl adjacent to an activating group) is 1. The van der Waals surface area contributed by atoms with E-state index < -0.39 is 0 Å². The van der Waals surface area contributed by atoms with Gasteiger partial charge in [0.25, 0.3) is 0 Å². The molecule has 0 bridgehead atoms. The standard InChI is InChI=1S/C16H31N3O/c1-13(2)16(7-8-16)12-17-14-5-9-19(10-6-14)11-15(20)18(3)4/h13-14,17H,5-12H2,1-4H3. The first kappa shape index (κ1) is 15.8. The molecule has 2 fully saturated rings. The Balaban J connectivity index is 1.66. The molecule has 1 heterocycles. The Kier molecular flexibility index (Phi) is 5.08. The van der Waals surface area contributed by atoms with Crippen molar-refractivity contribution in [3.05, 3.63) is 0 Å². The number of hydrogen-bond acceptors (Lipinski definition) is 3. The normalized spacial score (nSPS) is 23.1. The van der Waals surface area contributed by atoms with Crippen molar-refractivity contribution in [3.8, 4) is 0 Å². The van der Waals surface area contributed by atoms with Gasteiger partial charge in [-0.3, -0.25) is 9.69 Å². The van der Waals surface area contributed by atoms with Crippen molar-refractivity contribution >= 4 is 5.91 Å². The fraction of sp³-hybridized carbons (Fsp3) is 0.938. The molecule has 0 aromatic carbocycles. The summed E-state index contributed by atoms with van der Waals surface area (Å²) in [6, 6.07) is 0.650. The lowest BCUT2D eigenvalue weighted by Gasteiger charge is -2.34. The smallest absolute Gasteiger partial charge is 0.236 e. The molecule has 0 spiro atoms. The van der Waals surface area contributed by atoms with Crippen molar-refractivity contribution in [1.82, 2.24) is 15.1 Å². The Labute approximate surface area is 123 Å². The van der Waals surface area contributed by atoms with Crippen LogP contribution in [0.2, 0.25) is 0 Å². The molecule has 1 amide bonds. The van der Waals surface area contributed by atoms with Crippen LogP contribution in [0.15, 0.2) is 0 Å². The molecule has 116 valence electrons. The van der Waals surface area contributed by atoms with Crippen molar-refractivity contribution in [2.24, 2.45) is 11.3 Å². The average molecular weight is 281 g/mol. The number of carbonyl (C=O) groups is 1. The highest BCUT2D eigenvalue weighted by atomic mass is 16.2. The lowest BCUT2D eigenvalue weighted by molar-refractivity contribution is -0.130. The largest absolute Gasteiger partial charge is 0.348 e. The van der Waals surface area contributed by atoms with Crippen LogP contribution in [0.1, 0.15) is 39.5 Å². The highest BCUT2D eigenvalue weighted by Gasteiger charge is 2.45. The van der Waals surface area contributed by atoms with Crippen LogP contribution in [0, 0.1) is 11.3 Å². The molecule has 1 N–H and O–H groups in total. The summed E-state index contributed by atoms with van der Waals surface area (Å²) in [5.74, 6) is 1.01. The van der Waals surface area contributed by atoms with Gasteiger partial charge in [-0.1, -0.05) is 13.8 Å². The van der Waals surface area contributed by atoms with Gasteiger partial charge >= 0.3 is 0 Å². The van der Waals surface area contributed by atoms with Crippen LogP contribution in [0.5, 0.6) is 0 Å². The number of carbonyl (C=O) groups excluding carboxylic acids is 1. The quantitative estimate of drug-likeness (QED) is 0.802. The lowest BCUT2D eigenvalue weighted by atomic mass is 9.91. The van der Waals surface area contributed by atoms with Gasteiger partial charge in [-0.25, -0.2) is 0 Å². The van der Waals surface area contributed by atoms with Gasteiger partial charge in [-0.2, -0.15) is 0 Å². The lowest BCUT2D eigenvalue weighted by Crippen LogP contribution is -2.47. The van der Waals surface area contributed by atoms with E-state index in [0.29, 0.717) is 18.0 Å². The molecular formula is C16H31N3O. The van der Waals surface area contributed by atoms with Gasteiger partial charge in [-0.05, 0) is 37.0 Å². The minimum atomic E-state index is 0.216. The van der Waals surface area contributed by atoms with E-state index in [2.05, 4.69) is 24.1 Å². The van der Waals surface area contributed by atoms with Gasteiger partial charge in [0.05, 0.1) is 6.54 Å². The van der Waals surface area contributed by atoms with Crippen LogP contribution in [-0.2, 0) is 4.79 Å². The van der Waals surface area contributed by atoms with E-state index in [1.54, 1.807) is 4.90 Å². The second kappa shape index (κ2) is 6.44. The molecule has 0 radical (unpaired) electrons. The topological polar surface area (TPSA) is 35.6 Å². The van der Waals surface area contributed by atoms with Crippen molar-refractivity contribution in [1.29, 1.82) is 0 Å². The number of likely N-dealkylation sites (tertiary alicyclic amines) is 1. The first-order valence-corrected chi connectivity index (χ1v) is 8.09. The van der Waals surface area contributed by atoms with E-state index in [-0.39, 0.29) is 5.91 Å². The zero-order valence-electron chi connectivity index (χ0n) is 13.6. The number of rotatable bonds is 6. The summed E-state index contributed by atoms with van der Waals surface area (Å²) in [4.78, 5) is 15.7. The van der Waals surface area contributed by atoms with E-state index >= 15 is 0 Å². The molecule has 2 aliphatic rings. The second-order valence-electron chi connectivity index (χ2n) is 7.24. The average Bonchev–Trinajstić information content (AvgIpc) is 3.19.